The summed E-state index contributed by atoms with van der Waals surface area (Å²) in [7, 11) is -2.88. The molecule has 1 aromatic heterocycles. The van der Waals surface area contributed by atoms with Crippen molar-refractivity contribution in [2.75, 3.05) is 17.8 Å². The van der Waals surface area contributed by atoms with Crippen LogP contribution in [0.1, 0.15) is 0 Å². The summed E-state index contributed by atoms with van der Waals surface area (Å²) in [6.07, 6.45) is 4.63. The number of rotatable bonds is 4. The number of nitrogens with zero attached hydrogens (tertiary/aromatic N) is 2. The largest absolute Gasteiger partial charge is 0.230 e. The summed E-state index contributed by atoms with van der Waals surface area (Å²) in [6, 6.07) is 0. The van der Waals surface area contributed by atoms with Crippen molar-refractivity contribution in [1.29, 1.82) is 0 Å². The van der Waals surface area contributed by atoms with Crippen molar-refractivity contribution in [2.24, 2.45) is 0 Å². The fourth-order valence-corrected chi connectivity index (χ4v) is 2.92. The molecule has 4 nitrogen and oxygen atoms in total. The number of halogens is 1. The van der Waals surface area contributed by atoms with E-state index >= 15 is 0 Å². The van der Waals surface area contributed by atoms with Gasteiger partial charge < -0.3 is 0 Å². The van der Waals surface area contributed by atoms with E-state index in [0.29, 0.717) is 10.9 Å². The van der Waals surface area contributed by atoms with Crippen molar-refractivity contribution in [3.8, 4) is 0 Å². The van der Waals surface area contributed by atoms with Crippen molar-refractivity contribution in [3.05, 3.63) is 16.0 Å². The van der Waals surface area contributed by atoms with E-state index in [4.69, 9.17) is 0 Å². The van der Waals surface area contributed by atoms with Gasteiger partial charge in [0.15, 0.2) is 5.16 Å². The van der Waals surface area contributed by atoms with Crippen molar-refractivity contribution in [1.82, 2.24) is 9.97 Å². The molecule has 0 aliphatic carbocycles. The molecule has 1 aromatic rings. The molecule has 14 heavy (non-hydrogen) atoms. The normalized spacial score (nSPS) is 11.6. The minimum absolute atomic E-state index is 0.160. The van der Waals surface area contributed by atoms with Gasteiger partial charge in [0, 0.05) is 28.0 Å². The molecule has 0 N–H and O–H groups in total. The first-order valence-electron chi connectivity index (χ1n) is 3.75. The van der Waals surface area contributed by atoms with E-state index in [1.54, 1.807) is 12.4 Å². The maximum atomic E-state index is 10.8. The van der Waals surface area contributed by atoms with Crippen molar-refractivity contribution in [3.63, 3.8) is 0 Å². The van der Waals surface area contributed by atoms with Gasteiger partial charge in [0.1, 0.15) is 9.84 Å². The molecule has 7 heteroatoms. The first-order valence-corrected chi connectivity index (χ1v) is 7.88. The molecule has 0 aromatic carbocycles. The fourth-order valence-electron chi connectivity index (χ4n) is 0.659. The van der Waals surface area contributed by atoms with E-state index in [1.165, 1.54) is 18.0 Å². The molecule has 0 radical (unpaired) electrons. The molecule has 0 aliphatic heterocycles. The molecule has 0 amide bonds. The average Bonchev–Trinajstić information content (AvgIpc) is 2.06. The van der Waals surface area contributed by atoms with Gasteiger partial charge in [0.25, 0.3) is 0 Å². The summed E-state index contributed by atoms with van der Waals surface area (Å²) in [5.41, 5.74) is 0. The zero-order valence-electron chi connectivity index (χ0n) is 7.47. The lowest BCUT2D eigenvalue weighted by Crippen LogP contribution is -2.05. The van der Waals surface area contributed by atoms with Crippen LogP contribution in [-0.4, -0.2) is 36.1 Å². The molecular formula is C7H9IN2O2S2. The number of sulfone groups is 1. The predicted octanol–water partition coefficient (Wildman–Crippen LogP) is 1.22. The summed E-state index contributed by atoms with van der Waals surface area (Å²) in [6.45, 7) is 0. The molecule has 78 valence electrons. The summed E-state index contributed by atoms with van der Waals surface area (Å²) in [5, 5.41) is 0.620. The monoisotopic (exact) mass is 344 g/mol. The van der Waals surface area contributed by atoms with Gasteiger partial charge >= 0.3 is 0 Å². The van der Waals surface area contributed by atoms with Gasteiger partial charge in [-0.25, -0.2) is 18.4 Å². The molecule has 0 atom stereocenters. The van der Waals surface area contributed by atoms with E-state index in [1.807, 2.05) is 0 Å². The Bertz CT molecular complexity index is 391. The Labute approximate surface area is 101 Å². The quantitative estimate of drug-likeness (QED) is 0.467. The minimum Gasteiger partial charge on any atom is -0.230 e. The Morgan fingerprint density at radius 3 is 2.50 bits per heavy atom. The summed E-state index contributed by atoms with van der Waals surface area (Å²) in [4.78, 5) is 8.09. The van der Waals surface area contributed by atoms with Crippen LogP contribution in [-0.2, 0) is 9.84 Å². The molecule has 0 unspecified atom stereocenters. The number of hydrogen-bond donors (Lipinski definition) is 0. The van der Waals surface area contributed by atoms with Crippen LogP contribution in [0.3, 0.4) is 0 Å². The fraction of sp³-hybridized carbons (Fsp3) is 0.429. The summed E-state index contributed by atoms with van der Waals surface area (Å²) < 4.78 is 22.6. The van der Waals surface area contributed by atoms with E-state index in [0.717, 1.165) is 3.57 Å². The lowest BCUT2D eigenvalue weighted by Gasteiger charge is -1.98. The Morgan fingerprint density at radius 1 is 1.43 bits per heavy atom. The highest BCUT2D eigenvalue weighted by Gasteiger charge is 2.03. The molecule has 0 saturated carbocycles. The van der Waals surface area contributed by atoms with Crippen LogP contribution in [0.15, 0.2) is 17.6 Å². The maximum absolute atomic E-state index is 10.8. The van der Waals surface area contributed by atoms with Gasteiger partial charge in [0.2, 0.25) is 0 Å². The third kappa shape index (κ3) is 5.11. The lowest BCUT2D eigenvalue weighted by molar-refractivity contribution is 0.603. The van der Waals surface area contributed by atoms with E-state index in [2.05, 4.69) is 32.6 Å². The van der Waals surface area contributed by atoms with E-state index < -0.39 is 9.84 Å². The molecule has 1 heterocycles. The Kier molecular flexibility index (Phi) is 4.58. The summed E-state index contributed by atoms with van der Waals surface area (Å²) >= 11 is 3.47. The highest BCUT2D eigenvalue weighted by Crippen LogP contribution is 2.12. The minimum atomic E-state index is -2.88. The van der Waals surface area contributed by atoms with Crippen LogP contribution in [0.5, 0.6) is 0 Å². The third-order valence-corrected chi connectivity index (χ3v) is 3.92. The Morgan fingerprint density at radius 2 is 2.00 bits per heavy atom. The highest BCUT2D eigenvalue weighted by atomic mass is 127. The van der Waals surface area contributed by atoms with Crippen molar-refractivity contribution >= 4 is 44.2 Å². The molecular weight excluding hydrogens is 335 g/mol. The molecule has 0 bridgehead atoms. The van der Waals surface area contributed by atoms with Gasteiger partial charge in [-0.05, 0) is 22.6 Å². The van der Waals surface area contributed by atoms with Crippen molar-refractivity contribution < 1.29 is 8.42 Å². The zero-order chi connectivity index (χ0) is 10.6. The standard InChI is InChI=1S/C7H9IN2O2S2/c1-14(11,12)3-2-13-7-9-4-6(8)5-10-7/h4-5H,2-3H2,1H3. The van der Waals surface area contributed by atoms with Gasteiger partial charge in [-0.15, -0.1) is 0 Å². The predicted molar refractivity (Wildman–Crippen MR) is 65.2 cm³/mol. The first kappa shape index (κ1) is 12.2. The highest BCUT2D eigenvalue weighted by molar-refractivity contribution is 14.1. The Balaban J connectivity index is 2.43. The molecule has 0 saturated heterocycles. The SMILES string of the molecule is CS(=O)(=O)CCSc1ncc(I)cn1. The zero-order valence-corrected chi connectivity index (χ0v) is 11.3. The molecule has 0 fully saturated rings. The van der Waals surface area contributed by atoms with Crippen LogP contribution < -0.4 is 0 Å². The topological polar surface area (TPSA) is 59.9 Å². The number of hydrogen-bond acceptors (Lipinski definition) is 5. The molecule has 1 rings (SSSR count). The van der Waals surface area contributed by atoms with E-state index in [-0.39, 0.29) is 5.75 Å². The van der Waals surface area contributed by atoms with Crippen LogP contribution in [0, 0.1) is 3.57 Å². The molecule has 0 aliphatic rings. The second-order valence-corrected chi connectivity index (χ2v) is 7.23. The van der Waals surface area contributed by atoms with Gasteiger partial charge in [-0.3, -0.25) is 0 Å². The molecule has 0 spiro atoms. The second-order valence-electron chi connectivity index (χ2n) is 2.66. The number of thioether (sulfide) groups is 1. The Hall–Kier alpha value is 0.110. The third-order valence-electron chi connectivity index (χ3n) is 1.28. The lowest BCUT2D eigenvalue weighted by atomic mass is 10.7. The number of aromatic nitrogens is 2. The van der Waals surface area contributed by atoms with Crippen LogP contribution in [0.25, 0.3) is 0 Å². The van der Waals surface area contributed by atoms with E-state index in [9.17, 15) is 8.42 Å². The van der Waals surface area contributed by atoms with Crippen LogP contribution in [0.4, 0.5) is 0 Å². The smallest absolute Gasteiger partial charge is 0.187 e. The van der Waals surface area contributed by atoms with Crippen molar-refractivity contribution in [2.45, 2.75) is 5.16 Å². The van der Waals surface area contributed by atoms with Gasteiger partial charge in [0.05, 0.1) is 5.75 Å². The van der Waals surface area contributed by atoms with Gasteiger partial charge in [-0.2, -0.15) is 0 Å². The second kappa shape index (κ2) is 5.26. The van der Waals surface area contributed by atoms with Gasteiger partial charge in [-0.1, -0.05) is 11.8 Å². The summed E-state index contributed by atoms with van der Waals surface area (Å²) in [5.74, 6) is 0.659. The maximum Gasteiger partial charge on any atom is 0.187 e. The average molecular weight is 344 g/mol. The first-order chi connectivity index (χ1) is 6.47. The van der Waals surface area contributed by atoms with Crippen LogP contribution in [0.2, 0.25) is 0 Å². The van der Waals surface area contributed by atoms with Crippen LogP contribution >= 0.6 is 34.4 Å².